The highest BCUT2D eigenvalue weighted by Crippen LogP contribution is 2.44. The molecule has 23 heteroatoms. The van der Waals surface area contributed by atoms with Crippen LogP contribution in [0.2, 0.25) is 0 Å². The number of aromatic hydroxyl groups is 1. The molecule has 3 aromatic rings. The zero-order chi connectivity index (χ0) is 56.5. The largest absolute Gasteiger partial charge is 0.726 e. The van der Waals surface area contributed by atoms with Gasteiger partial charge in [-0.3, -0.25) is 18.6 Å². The number of carbonyl (C=O) groups excluding carboxylic acids is 2. The third-order valence-corrected chi connectivity index (χ3v) is 14.3. The zero-order valence-corrected chi connectivity index (χ0v) is 45.1. The topological polar surface area (TPSA) is 317 Å². The molecular weight excluding hydrogens is 1060 g/mol. The van der Waals surface area contributed by atoms with Crippen LogP contribution in [0.15, 0.2) is 112 Å². The van der Waals surface area contributed by atoms with Gasteiger partial charge in [0, 0.05) is 71.4 Å². The first-order chi connectivity index (χ1) is 37.9. The molecule has 2 aliphatic heterocycles. The van der Waals surface area contributed by atoms with Gasteiger partial charge < -0.3 is 74.7 Å². The number of allylic oxidation sites excluding steroid dienone is 2. The number of unbranched alkanes of at least 4 members (excludes halogenated alkanes) is 2. The fourth-order valence-electron chi connectivity index (χ4n) is 9.60. The van der Waals surface area contributed by atoms with E-state index in [1.54, 1.807) is 30.3 Å². The minimum atomic E-state index is -5.04. The Labute approximate surface area is 462 Å². The molecule has 0 spiro atoms. The molecule has 2 aliphatic carbocycles. The van der Waals surface area contributed by atoms with Crippen molar-refractivity contribution in [2.75, 3.05) is 64.6 Å². The molecule has 0 bridgehead atoms. The van der Waals surface area contributed by atoms with Gasteiger partial charge in [-0.05, 0) is 104 Å². The van der Waals surface area contributed by atoms with Crippen molar-refractivity contribution in [3.05, 3.63) is 125 Å². The third-order valence-electron chi connectivity index (χ3n) is 13.6. The van der Waals surface area contributed by atoms with Crippen molar-refractivity contribution in [1.29, 1.82) is 0 Å². The molecule has 0 aromatic heterocycles. The number of hydrogen-bond acceptors (Lipinski definition) is 18. The van der Waals surface area contributed by atoms with Crippen molar-refractivity contribution in [2.45, 2.75) is 69.9 Å². The van der Waals surface area contributed by atoms with Crippen LogP contribution in [-0.2, 0) is 43.1 Å². The molecule has 1 saturated heterocycles. The lowest BCUT2D eigenvalue weighted by Gasteiger charge is -2.41. The Hall–Kier alpha value is -6.19. The lowest BCUT2D eigenvalue weighted by Crippen LogP contribution is -2.55. The number of amides is 2. The summed E-state index contributed by atoms with van der Waals surface area (Å²) in [5.74, 6) is -1.32. The maximum absolute atomic E-state index is 13.5. The van der Waals surface area contributed by atoms with Crippen LogP contribution >= 0.6 is 12.2 Å². The Bertz CT molecular complexity index is 3030. The van der Waals surface area contributed by atoms with Crippen LogP contribution in [0.4, 0.5) is 5.69 Å². The molecule has 2 heterocycles. The van der Waals surface area contributed by atoms with Gasteiger partial charge >= 0.3 is 0 Å². The summed E-state index contributed by atoms with van der Waals surface area (Å²) in [7, 11) is -5.04. The number of carbonyl (C=O) groups is 2. The number of phenols is 1. The Morgan fingerprint density at radius 3 is 2.39 bits per heavy atom. The number of thiocarbonyl (C=S) groups is 1. The first-order valence-electron chi connectivity index (χ1n) is 26.0. The van der Waals surface area contributed by atoms with Crippen LogP contribution in [-0.4, -0.2) is 139 Å². The molecule has 4 aliphatic rings. The predicted octanol–water partition coefficient (Wildman–Crippen LogP) is 4.46. The van der Waals surface area contributed by atoms with E-state index in [2.05, 4.69) is 31.5 Å². The second kappa shape index (κ2) is 29.3. The molecule has 2 fully saturated rings. The molecule has 9 N–H and O–H groups in total. The van der Waals surface area contributed by atoms with Gasteiger partial charge in [-0.2, -0.15) is 0 Å². The molecule has 0 radical (unpaired) electrons. The second-order valence-corrected chi connectivity index (χ2v) is 20.8. The molecule has 3 aromatic carbocycles. The Balaban J connectivity index is 0.767. The van der Waals surface area contributed by atoms with Crippen molar-refractivity contribution in [3.8, 4) is 28.2 Å². The van der Waals surface area contributed by atoms with Crippen LogP contribution in [0.1, 0.15) is 56.4 Å². The van der Waals surface area contributed by atoms with E-state index in [0.29, 0.717) is 58.0 Å². The predicted molar refractivity (Wildman–Crippen MR) is 295 cm³/mol. The van der Waals surface area contributed by atoms with Crippen molar-refractivity contribution >= 4 is 62.3 Å². The fraction of sp³-hybridized carbons (Fsp3) is 0.429. The molecule has 8 atom stereocenters. The quantitative estimate of drug-likeness (QED) is 0.00666. The summed E-state index contributed by atoms with van der Waals surface area (Å²) in [4.78, 5) is 38.1. The summed E-state index contributed by atoms with van der Waals surface area (Å²) < 4.78 is 65.4. The molecular formula is C56H67N4O17S2-. The summed E-state index contributed by atoms with van der Waals surface area (Å²) in [5, 5.41) is 65.0. The maximum Gasteiger partial charge on any atom is 0.245 e. The number of hydrogen-bond donors (Lipinski definition) is 9. The van der Waals surface area contributed by atoms with Gasteiger partial charge in [0.25, 0.3) is 0 Å². The highest BCUT2D eigenvalue weighted by atomic mass is 32.3. The summed E-state index contributed by atoms with van der Waals surface area (Å²) >= 11 is 5.50. The summed E-state index contributed by atoms with van der Waals surface area (Å²) in [6.45, 7) is 2.36. The van der Waals surface area contributed by atoms with Crippen molar-refractivity contribution in [1.82, 2.24) is 16.0 Å². The standard InChI is InChI=1S/C56H68N4O17S2/c1-34-51(64)48(32-75-79(69,70)71)77-55(52(34)65)74-24-22-58-53(66)44-28-36(13-12-35-9-4-2-5-10-35)27-37(44)11-8-23-72-25-26-73-33-49(63)57-20-6-3-7-21-59-56(78)60-38-14-17-41(45(29-38)54(67)68)50-42-18-15-39(61)30-46(42)76-47-31-40(62)16-19-43(47)50/h2,4-5,8-19,29-31,34,36-37,44,48,51-52,54-55,61,64-65,67-68H,3,6-7,20-28,32-33H2,1H3,(H,57,63)(H,58,66)(H2,59,60,78)(H,69,70,71)/p-1/b11-8+,13-12+. The van der Waals surface area contributed by atoms with Crippen LogP contribution in [0.3, 0.4) is 0 Å². The SMILES string of the molecule is CC1C(O)C(COS(=O)(=O)[O-])OC(OCCNC(=O)C2CC(/C=C/c3ccccc3)CC2/C=C/COCCOCC(=O)NCCCCCNC(=S)Nc2ccc(-c3c4ccc(=O)cc-4oc4cc(O)ccc34)c(C(O)O)c2)C1O. The van der Waals surface area contributed by atoms with Crippen molar-refractivity contribution in [2.24, 2.45) is 23.7 Å². The smallest absolute Gasteiger partial charge is 0.245 e. The molecule has 8 unspecified atom stereocenters. The van der Waals surface area contributed by atoms with Crippen LogP contribution in [0.5, 0.6) is 5.75 Å². The van der Waals surface area contributed by atoms with Gasteiger partial charge in [0.1, 0.15) is 35.9 Å². The minimum absolute atomic E-state index is 0.0303. The van der Waals surface area contributed by atoms with E-state index in [0.717, 1.165) is 31.2 Å². The fourth-order valence-corrected chi connectivity index (χ4v) is 10.1. The van der Waals surface area contributed by atoms with Gasteiger partial charge in [0.15, 0.2) is 23.1 Å². The van der Waals surface area contributed by atoms with Crippen molar-refractivity contribution in [3.63, 3.8) is 0 Å². The number of aliphatic hydroxyl groups is 4. The van der Waals surface area contributed by atoms with Crippen LogP contribution < -0.4 is 26.7 Å². The first kappa shape index (κ1) is 60.5. The summed E-state index contributed by atoms with van der Waals surface area (Å²) in [5.41, 5.74) is 3.44. The van der Waals surface area contributed by atoms with Gasteiger partial charge in [-0.1, -0.05) is 67.6 Å². The number of benzene rings is 4. The lowest BCUT2D eigenvalue weighted by molar-refractivity contribution is -0.285. The number of aliphatic hydroxyl groups excluding tert-OH is 3. The van der Waals surface area contributed by atoms with Crippen LogP contribution in [0.25, 0.3) is 39.5 Å². The molecule has 426 valence electrons. The molecule has 2 amide bonds. The number of nitrogens with one attached hydrogen (secondary N) is 4. The van der Waals surface area contributed by atoms with Crippen LogP contribution in [0, 0.1) is 23.7 Å². The highest BCUT2D eigenvalue weighted by molar-refractivity contribution is 7.80. The zero-order valence-electron chi connectivity index (χ0n) is 43.4. The van der Waals surface area contributed by atoms with E-state index in [1.165, 1.54) is 31.2 Å². The minimum Gasteiger partial charge on any atom is -0.726 e. The lowest BCUT2D eigenvalue weighted by atomic mass is 9.90. The Morgan fingerprint density at radius 2 is 1.62 bits per heavy atom. The third kappa shape index (κ3) is 17.9. The monoisotopic (exact) mass is 1130 g/mol. The van der Waals surface area contributed by atoms with Gasteiger partial charge in [-0.15, -0.1) is 0 Å². The average molecular weight is 1130 g/mol. The van der Waals surface area contributed by atoms with Gasteiger partial charge in [0.05, 0.1) is 39.1 Å². The molecule has 21 nitrogen and oxygen atoms in total. The van der Waals surface area contributed by atoms with Crippen molar-refractivity contribution < 1.29 is 75.6 Å². The number of phenolic OH excluding ortho intramolecular Hbond substituents is 1. The Morgan fingerprint density at radius 1 is 0.861 bits per heavy atom. The van der Waals surface area contributed by atoms with E-state index in [9.17, 15) is 52.9 Å². The van der Waals surface area contributed by atoms with E-state index in [4.69, 9.17) is 35.6 Å². The average Bonchev–Trinajstić information content (AvgIpc) is 3.98. The number of fused-ring (bicyclic) bond motifs is 2. The number of ether oxygens (including phenoxy) is 4. The van der Waals surface area contributed by atoms with E-state index in [-0.39, 0.29) is 91.6 Å². The van der Waals surface area contributed by atoms with Gasteiger partial charge in [0.2, 0.25) is 22.2 Å². The summed E-state index contributed by atoms with van der Waals surface area (Å²) in [6, 6.07) is 23.9. The Kier molecular flexibility index (Phi) is 22.4. The molecule has 7 rings (SSSR count). The normalized spacial score (nSPS) is 21.6. The highest BCUT2D eigenvalue weighted by Gasteiger charge is 2.43. The van der Waals surface area contributed by atoms with E-state index < -0.39 is 53.8 Å². The first-order valence-corrected chi connectivity index (χ1v) is 27.8. The maximum atomic E-state index is 13.5. The second-order valence-electron chi connectivity index (χ2n) is 19.3. The van der Waals surface area contributed by atoms with E-state index >= 15 is 0 Å². The van der Waals surface area contributed by atoms with E-state index in [1.807, 2.05) is 48.6 Å². The number of rotatable bonds is 27. The molecule has 1 saturated carbocycles. The number of anilines is 1. The molecule has 79 heavy (non-hydrogen) atoms. The summed E-state index contributed by atoms with van der Waals surface area (Å²) in [6.07, 6.45) is 4.64. The van der Waals surface area contributed by atoms with Gasteiger partial charge in [-0.25, -0.2) is 8.42 Å².